The Morgan fingerprint density at radius 1 is 1.20 bits per heavy atom. The first-order valence-electron chi connectivity index (χ1n) is 7.52. The van der Waals surface area contributed by atoms with Gasteiger partial charge in [0.05, 0.1) is 17.2 Å². The Kier molecular flexibility index (Phi) is 4.96. The first kappa shape index (κ1) is 17.3. The molecule has 2 N–H and O–H groups in total. The van der Waals surface area contributed by atoms with Gasteiger partial charge in [-0.3, -0.25) is 9.69 Å². The van der Waals surface area contributed by atoms with Crippen LogP contribution in [0.1, 0.15) is 12.5 Å². The maximum absolute atomic E-state index is 12.7. The normalized spacial score (nSPS) is 15.9. The second kappa shape index (κ2) is 7.16. The molecule has 0 unspecified atom stereocenters. The third kappa shape index (κ3) is 3.62. The molecule has 0 saturated carbocycles. The van der Waals surface area contributed by atoms with Gasteiger partial charge in [0.1, 0.15) is 5.75 Å². The first-order chi connectivity index (χ1) is 12.0. The lowest BCUT2D eigenvalue weighted by Gasteiger charge is -2.14. The number of ether oxygens (including phenoxy) is 1. The van der Waals surface area contributed by atoms with Crippen molar-refractivity contribution in [2.24, 2.45) is 0 Å². The summed E-state index contributed by atoms with van der Waals surface area (Å²) in [6.45, 7) is 2.26. The number of hydrogen-bond donors (Lipinski definition) is 2. The van der Waals surface area contributed by atoms with E-state index in [1.165, 1.54) is 34.9 Å². The highest BCUT2D eigenvalue weighted by Gasteiger charge is 2.33. The molecule has 7 heteroatoms. The molecular formula is C18H15NO4S2. The van der Waals surface area contributed by atoms with Gasteiger partial charge in [-0.2, -0.15) is 0 Å². The van der Waals surface area contributed by atoms with Gasteiger partial charge in [-0.1, -0.05) is 30.0 Å². The summed E-state index contributed by atoms with van der Waals surface area (Å²) in [5.74, 6) is 0.310. The molecule has 25 heavy (non-hydrogen) atoms. The van der Waals surface area contributed by atoms with E-state index in [1.54, 1.807) is 30.3 Å². The van der Waals surface area contributed by atoms with Crippen molar-refractivity contribution >= 4 is 46.0 Å². The third-order valence-electron chi connectivity index (χ3n) is 3.48. The van der Waals surface area contributed by atoms with Gasteiger partial charge in [0.25, 0.3) is 5.91 Å². The van der Waals surface area contributed by atoms with E-state index in [2.05, 4.69) is 0 Å². The highest BCUT2D eigenvalue weighted by atomic mass is 32.2. The number of hydrogen-bond acceptors (Lipinski definition) is 6. The second-order valence-corrected chi connectivity index (χ2v) is 6.87. The van der Waals surface area contributed by atoms with Crippen molar-refractivity contribution in [2.75, 3.05) is 11.5 Å². The minimum atomic E-state index is -0.230. The Hall–Kier alpha value is -2.51. The Balaban J connectivity index is 1.90. The van der Waals surface area contributed by atoms with Crippen LogP contribution in [0.15, 0.2) is 47.4 Å². The van der Waals surface area contributed by atoms with Gasteiger partial charge >= 0.3 is 0 Å². The fraction of sp³-hybridized carbons (Fsp3) is 0.111. The van der Waals surface area contributed by atoms with Crippen molar-refractivity contribution in [3.63, 3.8) is 0 Å². The molecule has 3 rings (SSSR count). The molecule has 0 bridgehead atoms. The van der Waals surface area contributed by atoms with Crippen LogP contribution in [-0.2, 0) is 4.79 Å². The largest absolute Gasteiger partial charge is 0.508 e. The fourth-order valence-electron chi connectivity index (χ4n) is 2.34. The molecule has 0 radical (unpaired) electrons. The third-order valence-corrected chi connectivity index (χ3v) is 4.79. The molecule has 2 aromatic rings. The average molecular weight is 373 g/mol. The second-order valence-electron chi connectivity index (χ2n) is 5.19. The van der Waals surface area contributed by atoms with Gasteiger partial charge in [-0.05, 0) is 55.0 Å². The van der Waals surface area contributed by atoms with Gasteiger partial charge in [-0.25, -0.2) is 0 Å². The number of phenolic OH excluding ortho intramolecular Hbond substituents is 2. The first-order valence-corrected chi connectivity index (χ1v) is 8.75. The van der Waals surface area contributed by atoms with Gasteiger partial charge in [0.15, 0.2) is 15.8 Å². The zero-order valence-corrected chi connectivity index (χ0v) is 14.9. The highest BCUT2D eigenvalue weighted by molar-refractivity contribution is 8.27. The van der Waals surface area contributed by atoms with E-state index in [9.17, 15) is 15.0 Å². The zero-order valence-electron chi connectivity index (χ0n) is 13.3. The van der Waals surface area contributed by atoms with E-state index in [4.69, 9.17) is 17.0 Å². The van der Waals surface area contributed by atoms with Gasteiger partial charge < -0.3 is 14.9 Å². The van der Waals surface area contributed by atoms with Crippen molar-refractivity contribution < 1.29 is 19.7 Å². The lowest BCUT2D eigenvalue weighted by Crippen LogP contribution is -2.27. The van der Waals surface area contributed by atoms with Crippen molar-refractivity contribution in [1.29, 1.82) is 0 Å². The molecule has 1 fully saturated rings. The maximum Gasteiger partial charge on any atom is 0.270 e. The summed E-state index contributed by atoms with van der Waals surface area (Å²) >= 11 is 6.52. The molecule has 1 amide bonds. The predicted octanol–water partition coefficient (Wildman–Crippen LogP) is 3.90. The molecule has 1 aliphatic heterocycles. The summed E-state index contributed by atoms with van der Waals surface area (Å²) < 4.78 is 5.78. The van der Waals surface area contributed by atoms with Crippen LogP contribution in [0, 0.1) is 0 Å². The Morgan fingerprint density at radius 3 is 2.60 bits per heavy atom. The van der Waals surface area contributed by atoms with Crippen LogP contribution in [-0.4, -0.2) is 27.0 Å². The molecular weight excluding hydrogens is 358 g/mol. The number of amides is 1. The minimum Gasteiger partial charge on any atom is -0.508 e. The topological polar surface area (TPSA) is 70.0 Å². The lowest BCUT2D eigenvalue weighted by molar-refractivity contribution is -0.113. The Bertz CT molecular complexity index is 862. The Labute approximate surface area is 154 Å². The molecule has 5 nitrogen and oxygen atoms in total. The zero-order chi connectivity index (χ0) is 18.0. The lowest BCUT2D eigenvalue weighted by atomic mass is 10.2. The number of thiocarbonyl (C=S) groups is 1. The Morgan fingerprint density at radius 2 is 1.92 bits per heavy atom. The number of phenols is 2. The molecule has 1 saturated heterocycles. The van der Waals surface area contributed by atoms with E-state index < -0.39 is 0 Å². The van der Waals surface area contributed by atoms with Crippen LogP contribution >= 0.6 is 24.0 Å². The van der Waals surface area contributed by atoms with Gasteiger partial charge in [-0.15, -0.1) is 0 Å². The van der Waals surface area contributed by atoms with Crippen LogP contribution in [0.25, 0.3) is 6.08 Å². The summed E-state index contributed by atoms with van der Waals surface area (Å²) in [6.07, 6.45) is 1.71. The van der Waals surface area contributed by atoms with Crippen LogP contribution in [0.4, 0.5) is 5.69 Å². The molecule has 1 aliphatic rings. The van der Waals surface area contributed by atoms with E-state index in [0.717, 1.165) is 5.56 Å². The van der Waals surface area contributed by atoms with Crippen molar-refractivity contribution in [3.05, 3.63) is 52.9 Å². The summed E-state index contributed by atoms with van der Waals surface area (Å²) in [4.78, 5) is 14.6. The molecule has 0 atom stereocenters. The molecule has 1 heterocycles. The summed E-state index contributed by atoms with van der Waals surface area (Å²) in [5, 5.41) is 19.2. The molecule has 128 valence electrons. The van der Waals surface area contributed by atoms with Gasteiger partial charge in [0, 0.05) is 0 Å². The quantitative estimate of drug-likeness (QED) is 0.626. The van der Waals surface area contributed by atoms with Crippen molar-refractivity contribution in [2.45, 2.75) is 6.92 Å². The monoisotopic (exact) mass is 373 g/mol. The van der Waals surface area contributed by atoms with Crippen LogP contribution in [0.5, 0.6) is 17.2 Å². The van der Waals surface area contributed by atoms with Crippen molar-refractivity contribution in [1.82, 2.24) is 0 Å². The summed E-state index contributed by atoms with van der Waals surface area (Å²) in [7, 11) is 0. The molecule has 2 aromatic carbocycles. The number of benzene rings is 2. The smallest absolute Gasteiger partial charge is 0.270 e. The van der Waals surface area contributed by atoms with E-state index in [0.29, 0.717) is 27.3 Å². The van der Waals surface area contributed by atoms with E-state index in [1.807, 2.05) is 6.92 Å². The van der Waals surface area contributed by atoms with Crippen molar-refractivity contribution in [3.8, 4) is 17.2 Å². The number of anilines is 1. The molecule has 0 aromatic heterocycles. The number of nitrogens with zero attached hydrogens (tertiary/aromatic N) is 1. The highest BCUT2D eigenvalue weighted by Crippen LogP contribution is 2.37. The molecule has 0 aliphatic carbocycles. The van der Waals surface area contributed by atoms with Crippen LogP contribution in [0.2, 0.25) is 0 Å². The summed E-state index contributed by atoms with van der Waals surface area (Å²) in [5.41, 5.74) is 1.33. The van der Waals surface area contributed by atoms with E-state index >= 15 is 0 Å². The average Bonchev–Trinajstić information content (AvgIpc) is 2.86. The number of carbonyl (C=O) groups is 1. The number of rotatable bonds is 4. The molecule has 0 spiro atoms. The van der Waals surface area contributed by atoms with Crippen LogP contribution < -0.4 is 9.64 Å². The summed E-state index contributed by atoms with van der Waals surface area (Å²) in [6, 6.07) is 11.2. The number of thioether (sulfide) groups is 1. The standard InChI is InChI=1S/C18H15NO4S2/c1-2-23-15-9-11(3-8-14(15)21)10-16-17(22)19(18(24)25-16)12-4-6-13(20)7-5-12/h3-10,20-21H,2H2,1H3/b16-10-. The van der Waals surface area contributed by atoms with Gasteiger partial charge in [0.2, 0.25) is 0 Å². The number of aromatic hydroxyl groups is 2. The van der Waals surface area contributed by atoms with E-state index in [-0.39, 0.29) is 17.4 Å². The van der Waals surface area contributed by atoms with Crippen LogP contribution in [0.3, 0.4) is 0 Å². The predicted molar refractivity (Wildman–Crippen MR) is 103 cm³/mol. The maximum atomic E-state index is 12.7. The number of carbonyl (C=O) groups excluding carboxylic acids is 1. The SMILES string of the molecule is CCOc1cc(/C=C2\SC(=S)N(c3ccc(O)cc3)C2=O)ccc1O. The minimum absolute atomic E-state index is 0.0515. The fourth-order valence-corrected chi connectivity index (χ4v) is 3.63.